The van der Waals surface area contributed by atoms with E-state index in [2.05, 4.69) is 28.3 Å². The molecule has 5 heterocycles. The molecule has 3 atom stereocenters. The Labute approximate surface area is 254 Å². The molecule has 4 aliphatic heterocycles. The number of nitrogens with zero attached hydrogens (tertiary/aromatic N) is 4. The molecule has 4 aliphatic rings. The number of piperidine rings is 1. The molecule has 44 heavy (non-hydrogen) atoms. The van der Waals surface area contributed by atoms with Gasteiger partial charge in [-0.15, -0.1) is 5.92 Å². The maximum Gasteiger partial charge on any atom is 0.418 e. The summed E-state index contributed by atoms with van der Waals surface area (Å²) in [6.07, 6.45) is -2.25. The number of fused-ring (bicyclic) bond motifs is 2. The zero-order valence-electron chi connectivity index (χ0n) is 25.0. The molecular formula is C32H37F4N5O3. The van der Waals surface area contributed by atoms with Gasteiger partial charge in [0.25, 0.3) is 0 Å². The molecule has 1 aromatic heterocycles. The van der Waals surface area contributed by atoms with Crippen molar-refractivity contribution in [2.24, 2.45) is 0 Å². The number of halogens is 4. The van der Waals surface area contributed by atoms with Gasteiger partial charge in [0.15, 0.2) is 5.82 Å². The lowest BCUT2D eigenvalue weighted by molar-refractivity contribution is -0.140. The lowest BCUT2D eigenvalue weighted by Gasteiger charge is -2.39. The van der Waals surface area contributed by atoms with E-state index in [1.807, 2.05) is 4.90 Å². The van der Waals surface area contributed by atoms with Crippen LogP contribution in [0.1, 0.15) is 80.0 Å². The van der Waals surface area contributed by atoms with Gasteiger partial charge < -0.3 is 25.2 Å². The average Bonchev–Trinajstić information content (AvgIpc) is 3.47. The highest BCUT2D eigenvalue weighted by molar-refractivity contribution is 5.59. The third kappa shape index (κ3) is 5.61. The van der Waals surface area contributed by atoms with Crippen LogP contribution in [0, 0.1) is 17.7 Å². The monoisotopic (exact) mass is 615 g/mol. The second-order valence-electron chi connectivity index (χ2n) is 12.7. The van der Waals surface area contributed by atoms with Crippen LogP contribution in [0.3, 0.4) is 0 Å². The van der Waals surface area contributed by atoms with E-state index < -0.39 is 46.1 Å². The fourth-order valence-corrected chi connectivity index (χ4v) is 7.33. The number of nitrogens with two attached hydrogens (primary N) is 1. The van der Waals surface area contributed by atoms with Gasteiger partial charge in [0, 0.05) is 42.7 Å². The summed E-state index contributed by atoms with van der Waals surface area (Å²) >= 11 is 0. The van der Waals surface area contributed by atoms with Crippen LogP contribution in [-0.2, 0) is 23.9 Å². The first-order chi connectivity index (χ1) is 20.8. The van der Waals surface area contributed by atoms with E-state index in [-0.39, 0.29) is 24.6 Å². The molecule has 0 radical (unpaired) electrons. The van der Waals surface area contributed by atoms with Crippen LogP contribution in [0.2, 0.25) is 0 Å². The minimum absolute atomic E-state index is 0.0879. The number of rotatable bonds is 5. The predicted molar refractivity (Wildman–Crippen MR) is 156 cm³/mol. The molecule has 1 aromatic carbocycles. The van der Waals surface area contributed by atoms with Crippen LogP contribution >= 0.6 is 0 Å². The van der Waals surface area contributed by atoms with Gasteiger partial charge in [-0.2, -0.15) is 23.1 Å². The molecule has 0 spiro atoms. The molecule has 0 saturated carbocycles. The van der Waals surface area contributed by atoms with E-state index in [1.54, 1.807) is 6.92 Å². The van der Waals surface area contributed by atoms with Gasteiger partial charge in [-0.05, 0) is 58.6 Å². The topological polar surface area (TPSA) is 97.0 Å². The Bertz CT molecular complexity index is 1550. The van der Waals surface area contributed by atoms with Crippen molar-refractivity contribution in [1.29, 1.82) is 0 Å². The van der Waals surface area contributed by atoms with Crippen molar-refractivity contribution in [2.45, 2.75) is 82.4 Å². The number of alkyl halides is 3. The summed E-state index contributed by atoms with van der Waals surface area (Å²) in [6.45, 7) is 10.2. The predicted octanol–water partition coefficient (Wildman–Crippen LogP) is 4.93. The van der Waals surface area contributed by atoms with E-state index >= 15 is 4.39 Å². The average molecular weight is 616 g/mol. The van der Waals surface area contributed by atoms with Crippen molar-refractivity contribution in [1.82, 2.24) is 14.9 Å². The highest BCUT2D eigenvalue weighted by Crippen LogP contribution is 2.45. The van der Waals surface area contributed by atoms with Crippen molar-refractivity contribution >= 4 is 11.5 Å². The number of hydrogen-bond donors (Lipinski definition) is 2. The van der Waals surface area contributed by atoms with Gasteiger partial charge in [-0.3, -0.25) is 4.90 Å². The highest BCUT2D eigenvalue weighted by atomic mass is 19.4. The van der Waals surface area contributed by atoms with Gasteiger partial charge in [0.1, 0.15) is 12.4 Å². The number of β-amino-alcohol motifs (C(OH)–C–C–N with tert-alkyl or cyclic N) is 1. The fraction of sp³-hybridized carbons (Fsp3) is 0.562. The Morgan fingerprint density at radius 2 is 2.02 bits per heavy atom. The minimum Gasteiger partial charge on any atom is -0.461 e. The largest absolute Gasteiger partial charge is 0.461 e. The molecule has 3 saturated heterocycles. The smallest absolute Gasteiger partial charge is 0.418 e. The first-order valence-corrected chi connectivity index (χ1v) is 15.0. The summed E-state index contributed by atoms with van der Waals surface area (Å²) in [5, 5.41) is 10.8. The van der Waals surface area contributed by atoms with Gasteiger partial charge in [0.2, 0.25) is 0 Å². The molecule has 3 unspecified atom stereocenters. The summed E-state index contributed by atoms with van der Waals surface area (Å²) < 4.78 is 70.9. The Morgan fingerprint density at radius 1 is 1.25 bits per heavy atom. The van der Waals surface area contributed by atoms with Gasteiger partial charge >= 0.3 is 12.2 Å². The van der Waals surface area contributed by atoms with Crippen LogP contribution in [0.25, 0.3) is 0 Å². The molecule has 8 nitrogen and oxygen atoms in total. The minimum atomic E-state index is -4.91. The number of hydrogen-bond acceptors (Lipinski definition) is 8. The number of anilines is 2. The van der Waals surface area contributed by atoms with Crippen molar-refractivity contribution in [3.63, 3.8) is 0 Å². The van der Waals surface area contributed by atoms with Crippen LogP contribution in [0.15, 0.2) is 18.2 Å². The summed E-state index contributed by atoms with van der Waals surface area (Å²) in [5.41, 5.74) is 4.07. The second-order valence-corrected chi connectivity index (χ2v) is 12.7. The van der Waals surface area contributed by atoms with Crippen LogP contribution < -0.4 is 15.4 Å². The van der Waals surface area contributed by atoms with Crippen molar-refractivity contribution in [3.05, 3.63) is 52.0 Å². The first-order valence-electron chi connectivity index (χ1n) is 15.0. The zero-order chi connectivity index (χ0) is 31.4. The maximum atomic E-state index is 15.5. The lowest BCUT2D eigenvalue weighted by Crippen LogP contribution is -2.47. The fourth-order valence-electron chi connectivity index (χ4n) is 7.33. The third-order valence-corrected chi connectivity index (χ3v) is 9.23. The Morgan fingerprint density at radius 3 is 2.75 bits per heavy atom. The quantitative estimate of drug-likeness (QED) is 0.212. The summed E-state index contributed by atoms with van der Waals surface area (Å²) in [4.78, 5) is 13.7. The van der Waals surface area contributed by atoms with Crippen LogP contribution in [-0.4, -0.2) is 63.9 Å². The highest BCUT2D eigenvalue weighted by Gasteiger charge is 2.47. The third-order valence-electron chi connectivity index (χ3n) is 9.23. The van der Waals surface area contributed by atoms with Crippen molar-refractivity contribution in [3.8, 4) is 17.9 Å². The van der Waals surface area contributed by atoms with E-state index in [0.29, 0.717) is 43.2 Å². The van der Waals surface area contributed by atoms with E-state index in [0.717, 1.165) is 50.4 Å². The first kappa shape index (κ1) is 30.6. The maximum absolute atomic E-state index is 15.5. The van der Waals surface area contributed by atoms with E-state index in [9.17, 15) is 18.3 Å². The number of ether oxygens (including phenoxy) is 2. The SMILES string of the molecule is C=C1CN2CCCC2(COc2nc3c(c(N4CCCC(C)(O)C4)n2)COC(c2c(F)c(N)cc(C#CC)c2C(F)(F)F)C3)C1. The second kappa shape index (κ2) is 11.2. The normalized spacial score (nSPS) is 27.1. The number of nitrogen functional groups attached to an aromatic ring is 1. The Balaban J connectivity index is 1.40. The molecule has 236 valence electrons. The van der Waals surface area contributed by atoms with Gasteiger partial charge in [-0.1, -0.05) is 18.1 Å². The standard InChI is InChI=1S/C32H37F4N5O3/c1-4-7-20-12-22(37)27(33)25(26(20)32(34,35)36)24-13-23-21(16-43-24)28(40-10-5-8-30(3,42)17-40)39-29(38-23)44-18-31-9-6-11-41(31)15-19(2)14-31/h12,24,42H,2,5-6,8-11,13-18,37H2,1,3H3. The van der Waals surface area contributed by atoms with Gasteiger partial charge in [-0.25, -0.2) is 4.39 Å². The van der Waals surface area contributed by atoms with Crippen LogP contribution in [0.4, 0.5) is 29.1 Å². The molecule has 0 aliphatic carbocycles. The molecule has 0 bridgehead atoms. The molecule has 2 aromatic rings. The molecule has 3 N–H and O–H groups in total. The summed E-state index contributed by atoms with van der Waals surface area (Å²) in [5.74, 6) is 4.20. The number of benzene rings is 1. The molecule has 0 amide bonds. The van der Waals surface area contributed by atoms with Crippen LogP contribution in [0.5, 0.6) is 6.01 Å². The van der Waals surface area contributed by atoms with Crippen molar-refractivity contribution < 1.29 is 32.1 Å². The van der Waals surface area contributed by atoms with E-state index in [1.165, 1.54) is 6.92 Å². The van der Waals surface area contributed by atoms with Gasteiger partial charge in [0.05, 0.1) is 40.8 Å². The molecule has 12 heteroatoms. The van der Waals surface area contributed by atoms with Crippen molar-refractivity contribution in [2.75, 3.05) is 43.4 Å². The molecular weight excluding hydrogens is 578 g/mol. The lowest BCUT2D eigenvalue weighted by atomic mass is 9.90. The van der Waals surface area contributed by atoms with E-state index in [4.69, 9.17) is 20.2 Å². The molecule has 3 fully saturated rings. The summed E-state index contributed by atoms with van der Waals surface area (Å²) in [7, 11) is 0. The number of aliphatic hydroxyl groups is 1. The molecule has 6 rings (SSSR count). The summed E-state index contributed by atoms with van der Waals surface area (Å²) in [6, 6.07) is 0.997. The Hall–Kier alpha value is -3.40. The Kier molecular flexibility index (Phi) is 7.79. The number of aromatic nitrogens is 2. The zero-order valence-corrected chi connectivity index (χ0v) is 25.0.